The molecule has 4 fully saturated rings. The number of anilines is 4. The van der Waals surface area contributed by atoms with E-state index in [4.69, 9.17) is 19.6 Å². The number of thioether (sulfide) groups is 1. The van der Waals surface area contributed by atoms with Crippen molar-refractivity contribution in [3.05, 3.63) is 60.1 Å². The van der Waals surface area contributed by atoms with E-state index in [0.29, 0.717) is 88.8 Å². The Bertz CT molecular complexity index is 3170. The van der Waals surface area contributed by atoms with Crippen molar-refractivity contribution in [2.45, 2.75) is 88.5 Å². The molecule has 86 heavy (non-hydrogen) atoms. The molecule has 5 atom stereocenters. The van der Waals surface area contributed by atoms with Gasteiger partial charge in [0.25, 0.3) is 0 Å². The van der Waals surface area contributed by atoms with Gasteiger partial charge in [-0.25, -0.2) is 18.4 Å². The zero-order chi connectivity index (χ0) is 61.3. The highest BCUT2D eigenvalue weighted by molar-refractivity contribution is 7.98. The number of aliphatic carboxylic acids is 1. The molecule has 0 unspecified atom stereocenters. The summed E-state index contributed by atoms with van der Waals surface area (Å²) in [5.74, 6) is -3.74. The minimum atomic E-state index is -3.42. The number of likely N-dealkylation sites (tertiary alicyclic amines) is 3. The fourth-order valence-electron chi connectivity index (χ4n) is 11.0. The Balaban J connectivity index is 0.709. The molecule has 0 radical (unpaired) electrons. The van der Waals surface area contributed by atoms with E-state index in [-0.39, 0.29) is 43.7 Å². The second-order valence-corrected chi connectivity index (χ2v) is 25.2. The smallest absolute Gasteiger partial charge is 0.322 e. The zero-order valence-corrected chi connectivity index (χ0v) is 51.1. The third kappa shape index (κ3) is 18.0. The molecule has 4 aliphatic heterocycles. The minimum absolute atomic E-state index is 0.0885. The summed E-state index contributed by atoms with van der Waals surface area (Å²) in [6.07, 6.45) is 8.03. The fraction of sp³-hybridized carbons (Fsp3) is 0.544. The molecule has 0 spiro atoms. The van der Waals surface area contributed by atoms with Gasteiger partial charge in [0.05, 0.1) is 62.1 Å². The molecule has 0 bridgehead atoms. The van der Waals surface area contributed by atoms with Crippen LogP contribution in [0.1, 0.15) is 58.3 Å². The highest BCUT2D eigenvalue weighted by atomic mass is 32.2. The molecule has 2 aromatic heterocycles. The third-order valence-electron chi connectivity index (χ3n) is 15.4. The van der Waals surface area contributed by atoms with E-state index in [1.165, 1.54) is 34.9 Å². The predicted molar refractivity (Wildman–Crippen MR) is 326 cm³/mol. The van der Waals surface area contributed by atoms with E-state index in [9.17, 15) is 46.8 Å². The summed E-state index contributed by atoms with van der Waals surface area (Å²) in [6, 6.07) is 10.8. The van der Waals surface area contributed by atoms with E-state index >= 15 is 0 Å². The van der Waals surface area contributed by atoms with Crippen molar-refractivity contribution in [3.63, 3.8) is 0 Å². The van der Waals surface area contributed by atoms with Gasteiger partial charge in [-0.15, -0.1) is 11.3 Å². The number of benzene rings is 2. The van der Waals surface area contributed by atoms with Crippen molar-refractivity contribution >= 4 is 114 Å². The Morgan fingerprint density at radius 3 is 2.12 bits per heavy atom. The number of sulfonamides is 1. The fourth-order valence-corrected chi connectivity index (χ4v) is 12.9. The first-order valence-corrected chi connectivity index (χ1v) is 33.1. The number of nitrogens with zero attached hydrogens (tertiary/aromatic N) is 7. The molecule has 0 saturated carbocycles. The number of aromatic nitrogens is 2. The first kappa shape index (κ1) is 64.8. The van der Waals surface area contributed by atoms with Crippen LogP contribution in [0.15, 0.2) is 60.1 Å². The Morgan fingerprint density at radius 2 is 1.43 bits per heavy atom. The number of rotatable bonds is 29. The van der Waals surface area contributed by atoms with E-state index < -0.39 is 82.9 Å². The molecule has 4 aromatic rings. The molecule has 7 N–H and O–H groups in total. The molecule has 8 rings (SSSR count). The lowest BCUT2D eigenvalue weighted by Gasteiger charge is -2.36. The summed E-state index contributed by atoms with van der Waals surface area (Å²) in [5, 5.41) is 23.9. The van der Waals surface area contributed by atoms with Crippen molar-refractivity contribution < 1.29 is 61.4 Å². The summed E-state index contributed by atoms with van der Waals surface area (Å²) < 4.78 is 38.8. The van der Waals surface area contributed by atoms with Crippen LogP contribution >= 0.6 is 23.1 Å². The maximum Gasteiger partial charge on any atom is 0.322 e. The van der Waals surface area contributed by atoms with Crippen molar-refractivity contribution in [3.8, 4) is 11.1 Å². The summed E-state index contributed by atoms with van der Waals surface area (Å²) in [7, 11) is -3.42. The van der Waals surface area contributed by atoms with Gasteiger partial charge >= 0.3 is 5.97 Å². The Hall–Kier alpha value is -7.18. The number of carboxylic acid groups (broad SMARTS) is 1. The third-order valence-corrected chi connectivity index (χ3v) is 17.6. The molecular formula is C57H77N13O13S3. The predicted octanol–water partition coefficient (Wildman–Crippen LogP) is 2.05. The molecule has 4 aliphatic rings. The maximum atomic E-state index is 14.3. The van der Waals surface area contributed by atoms with Gasteiger partial charge in [0.2, 0.25) is 57.3 Å². The van der Waals surface area contributed by atoms with Crippen LogP contribution in [0.25, 0.3) is 21.3 Å². The van der Waals surface area contributed by atoms with Crippen LogP contribution in [0.4, 0.5) is 23.0 Å². The number of hydrogen-bond donors (Lipinski definition) is 7. The normalized spacial score (nSPS) is 18.8. The summed E-state index contributed by atoms with van der Waals surface area (Å²) in [5.41, 5.74) is 4.93. The number of hydrogen-bond acceptors (Lipinski definition) is 19. The van der Waals surface area contributed by atoms with Gasteiger partial charge in [0, 0.05) is 80.4 Å². The summed E-state index contributed by atoms with van der Waals surface area (Å²) >= 11 is 2.98. The van der Waals surface area contributed by atoms with Gasteiger partial charge in [-0.1, -0.05) is 12.1 Å². The van der Waals surface area contributed by atoms with Crippen LogP contribution in [0.5, 0.6) is 0 Å². The molecule has 0 aliphatic carbocycles. The lowest BCUT2D eigenvalue weighted by molar-refractivity contribution is -0.150. The SMILES string of the molecule is CSCC[C@H](NC(=O)[C@@H]1CCCN1C(=O)[C@@H]1CCCN1C(=O)[C@@H]1CCCN1C(=O)CCOCCOCCN1CCN(c2ccc(Nc3ncc4scc(-c5cccc(NS(C)(=O)=O)c5)c4n3)cc2)CC1)C(=O)N[C@@H](C)C(=O)NCC(=O)NCC(=O)O. The van der Waals surface area contributed by atoms with Gasteiger partial charge in [0.1, 0.15) is 36.8 Å². The summed E-state index contributed by atoms with van der Waals surface area (Å²) in [4.78, 5) is 123. The van der Waals surface area contributed by atoms with Crippen LogP contribution in [-0.2, 0) is 57.9 Å². The zero-order valence-electron chi connectivity index (χ0n) is 48.6. The van der Waals surface area contributed by atoms with Crippen LogP contribution in [0, 0.1) is 0 Å². The number of fused-ring (bicyclic) bond motifs is 1. The largest absolute Gasteiger partial charge is 0.480 e. The van der Waals surface area contributed by atoms with E-state index in [1.54, 1.807) is 34.2 Å². The first-order valence-electron chi connectivity index (χ1n) is 28.9. The van der Waals surface area contributed by atoms with Gasteiger partial charge in [-0.05, 0) is 106 Å². The van der Waals surface area contributed by atoms with Crippen molar-refractivity contribution in [2.24, 2.45) is 0 Å². The first-order chi connectivity index (χ1) is 41.3. The number of amides is 7. The molecule has 7 amide bonds. The number of carbonyl (C=O) groups excluding carboxylic acids is 7. The molecule has 29 heteroatoms. The monoisotopic (exact) mass is 1250 g/mol. The lowest BCUT2D eigenvalue weighted by Crippen LogP contribution is -2.58. The van der Waals surface area contributed by atoms with Crippen LogP contribution in [0.2, 0.25) is 0 Å². The number of nitrogens with one attached hydrogen (secondary N) is 6. The number of piperazine rings is 1. The van der Waals surface area contributed by atoms with Gasteiger partial charge in [-0.2, -0.15) is 11.8 Å². The van der Waals surface area contributed by atoms with Crippen molar-refractivity contribution in [1.82, 2.24) is 50.8 Å². The second-order valence-electron chi connectivity index (χ2n) is 21.6. The highest BCUT2D eigenvalue weighted by Crippen LogP contribution is 2.35. The molecule has 4 saturated heterocycles. The Kier molecular flexibility index (Phi) is 23.3. The average Bonchev–Trinajstić information content (AvgIpc) is 2.53. The summed E-state index contributed by atoms with van der Waals surface area (Å²) in [6.45, 7) is 6.94. The number of carbonyl (C=O) groups is 8. The second kappa shape index (κ2) is 30.9. The quantitative estimate of drug-likeness (QED) is 0.0383. The van der Waals surface area contributed by atoms with Crippen molar-refractivity contribution in [2.75, 3.05) is 125 Å². The topological polar surface area (TPSA) is 324 Å². The van der Waals surface area contributed by atoms with Crippen LogP contribution in [-0.4, -0.2) is 231 Å². The number of carboxylic acids is 1. The highest BCUT2D eigenvalue weighted by Gasteiger charge is 2.46. The van der Waals surface area contributed by atoms with Gasteiger partial charge in [0.15, 0.2) is 0 Å². The average molecular weight is 1250 g/mol. The Labute approximate surface area is 508 Å². The van der Waals surface area contributed by atoms with Crippen molar-refractivity contribution in [1.29, 1.82) is 0 Å². The van der Waals surface area contributed by atoms with Crippen LogP contribution in [0.3, 0.4) is 0 Å². The molecule has 2 aromatic carbocycles. The van der Waals surface area contributed by atoms with Gasteiger partial charge in [-0.3, -0.25) is 48.0 Å². The Morgan fingerprint density at radius 1 is 0.767 bits per heavy atom. The standard InChI is InChI=1S/C57H77N13O13S3/c1-37(52(75)59-34-48(71)58-35-50(73)74)61-53(76)43(18-31-84-2)63-54(77)44-10-5-20-69(44)56(79)46-12-7-21-70(46)55(78)45-11-6-19-68(45)49(72)17-27-82-29-30-83-28-26-66-22-24-67(25-23-66)41-15-13-39(14-16-41)62-57-60-33-47-51(64-57)42(36-85-47)38-8-4-9-40(32-38)65-86(3,80)81/h4,8-9,13-16,32-33,36-37,43-46,65H,5-7,10-12,17-31,34-35H2,1-3H3,(H,58,71)(H,59,75)(H,61,76)(H,63,77)(H,73,74)(H,60,62,64)/t37-,43-,44-,45-,46-/m0/s1. The van der Waals surface area contributed by atoms with Crippen LogP contribution < -0.4 is 36.2 Å². The molecular weight excluding hydrogens is 1170 g/mol. The van der Waals surface area contributed by atoms with E-state index in [1.807, 2.05) is 29.8 Å². The lowest BCUT2D eigenvalue weighted by atomic mass is 10.1. The maximum absolute atomic E-state index is 14.3. The molecule has 6 heterocycles. The van der Waals surface area contributed by atoms with E-state index in [0.717, 1.165) is 71.7 Å². The number of thiophene rings is 1. The number of ether oxygens (including phenoxy) is 2. The minimum Gasteiger partial charge on any atom is -0.480 e. The molecule has 26 nitrogen and oxygen atoms in total. The van der Waals surface area contributed by atoms with E-state index in [2.05, 4.69) is 58.2 Å². The van der Waals surface area contributed by atoms with Gasteiger partial charge < -0.3 is 60.8 Å². The molecule has 466 valence electrons.